The standard InChI is InChI=1S/C22H21Cl2FN4O2/c23-17-3-1-2-15(10-17)21-27-20(31-28-21)12-26-22(30)14-6-8-29(9-7-14)13-16-4-5-18(24)11-19(16)25/h1-5,10-11,14H,6-9,12-13H2,(H,26,30). The molecular weight excluding hydrogens is 442 g/mol. The van der Waals surface area contributed by atoms with Crippen molar-refractivity contribution in [2.75, 3.05) is 13.1 Å². The molecule has 0 atom stereocenters. The van der Waals surface area contributed by atoms with Gasteiger partial charge in [0.25, 0.3) is 0 Å². The third kappa shape index (κ3) is 5.61. The monoisotopic (exact) mass is 462 g/mol. The fourth-order valence-corrected chi connectivity index (χ4v) is 3.97. The van der Waals surface area contributed by atoms with Crippen LogP contribution in [0.15, 0.2) is 47.0 Å². The van der Waals surface area contributed by atoms with E-state index in [0.29, 0.717) is 46.7 Å². The van der Waals surface area contributed by atoms with E-state index in [4.69, 9.17) is 27.7 Å². The lowest BCUT2D eigenvalue weighted by Crippen LogP contribution is -2.40. The fourth-order valence-electron chi connectivity index (χ4n) is 3.62. The minimum absolute atomic E-state index is 0.0418. The van der Waals surface area contributed by atoms with Crippen LogP contribution in [0, 0.1) is 11.7 Å². The highest BCUT2D eigenvalue weighted by Gasteiger charge is 2.25. The van der Waals surface area contributed by atoms with Crippen molar-refractivity contribution in [1.82, 2.24) is 20.4 Å². The third-order valence-electron chi connectivity index (χ3n) is 5.33. The zero-order valence-electron chi connectivity index (χ0n) is 16.7. The smallest absolute Gasteiger partial charge is 0.246 e. The quantitative estimate of drug-likeness (QED) is 0.574. The number of piperidine rings is 1. The van der Waals surface area contributed by atoms with Crippen molar-refractivity contribution in [2.45, 2.75) is 25.9 Å². The number of nitrogens with one attached hydrogen (secondary N) is 1. The summed E-state index contributed by atoms with van der Waals surface area (Å²) in [6.07, 6.45) is 1.41. The zero-order valence-corrected chi connectivity index (χ0v) is 18.2. The number of halogens is 3. The van der Waals surface area contributed by atoms with Gasteiger partial charge in [-0.25, -0.2) is 4.39 Å². The molecule has 4 rings (SSSR count). The topological polar surface area (TPSA) is 71.3 Å². The van der Waals surface area contributed by atoms with Crippen LogP contribution in [-0.2, 0) is 17.9 Å². The summed E-state index contributed by atoms with van der Waals surface area (Å²) in [6, 6.07) is 11.9. The molecule has 1 saturated heterocycles. The number of benzene rings is 2. The number of rotatable bonds is 6. The molecule has 162 valence electrons. The summed E-state index contributed by atoms with van der Waals surface area (Å²) in [6.45, 7) is 2.12. The van der Waals surface area contributed by atoms with Crippen LogP contribution in [0.1, 0.15) is 24.3 Å². The highest BCUT2D eigenvalue weighted by molar-refractivity contribution is 6.31. The average Bonchev–Trinajstić information content (AvgIpc) is 3.24. The maximum atomic E-state index is 14.0. The normalized spacial score (nSPS) is 15.2. The lowest BCUT2D eigenvalue weighted by Gasteiger charge is -2.31. The van der Waals surface area contributed by atoms with Crippen LogP contribution < -0.4 is 5.32 Å². The Bertz CT molecular complexity index is 1070. The Kier molecular flexibility index (Phi) is 6.85. The van der Waals surface area contributed by atoms with E-state index < -0.39 is 0 Å². The molecule has 0 aliphatic carbocycles. The summed E-state index contributed by atoms with van der Waals surface area (Å²) >= 11 is 11.8. The Balaban J connectivity index is 1.25. The second-order valence-corrected chi connectivity index (χ2v) is 8.40. The largest absolute Gasteiger partial charge is 0.347 e. The van der Waals surface area contributed by atoms with Crippen molar-refractivity contribution < 1.29 is 13.7 Å². The highest BCUT2D eigenvalue weighted by Crippen LogP contribution is 2.22. The van der Waals surface area contributed by atoms with Crippen LogP contribution in [0.25, 0.3) is 11.4 Å². The van der Waals surface area contributed by atoms with Gasteiger partial charge < -0.3 is 9.84 Å². The van der Waals surface area contributed by atoms with E-state index in [1.807, 2.05) is 12.1 Å². The molecule has 2 aromatic carbocycles. The van der Waals surface area contributed by atoms with Crippen LogP contribution in [0.3, 0.4) is 0 Å². The molecule has 1 aliphatic heterocycles. The summed E-state index contributed by atoms with van der Waals surface area (Å²) in [4.78, 5) is 19.0. The van der Waals surface area contributed by atoms with E-state index in [9.17, 15) is 9.18 Å². The lowest BCUT2D eigenvalue weighted by atomic mass is 9.95. The number of hydrogen-bond donors (Lipinski definition) is 1. The van der Waals surface area contributed by atoms with Crippen LogP contribution in [0.5, 0.6) is 0 Å². The molecule has 1 N–H and O–H groups in total. The molecule has 0 spiro atoms. The van der Waals surface area contributed by atoms with Crippen molar-refractivity contribution in [1.29, 1.82) is 0 Å². The maximum absolute atomic E-state index is 14.0. The first-order chi connectivity index (χ1) is 15.0. The van der Waals surface area contributed by atoms with Crippen LogP contribution in [0.4, 0.5) is 4.39 Å². The molecule has 2 heterocycles. The first-order valence-electron chi connectivity index (χ1n) is 10.0. The molecule has 0 bridgehead atoms. The molecule has 31 heavy (non-hydrogen) atoms. The van der Waals surface area contributed by atoms with Crippen LogP contribution in [-0.4, -0.2) is 34.0 Å². The number of carbonyl (C=O) groups excluding carboxylic acids is 1. The van der Waals surface area contributed by atoms with E-state index in [1.165, 1.54) is 6.07 Å². The summed E-state index contributed by atoms with van der Waals surface area (Å²) in [7, 11) is 0. The van der Waals surface area contributed by atoms with Crippen molar-refractivity contribution in [2.24, 2.45) is 5.92 Å². The number of amides is 1. The summed E-state index contributed by atoms with van der Waals surface area (Å²) in [5.74, 6) is 0.319. The maximum Gasteiger partial charge on any atom is 0.246 e. The molecule has 6 nitrogen and oxygen atoms in total. The summed E-state index contributed by atoms with van der Waals surface area (Å²) in [5.41, 5.74) is 1.36. The average molecular weight is 463 g/mol. The zero-order chi connectivity index (χ0) is 21.8. The first kappa shape index (κ1) is 21.7. The van der Waals surface area contributed by atoms with Gasteiger partial charge in [-0.1, -0.05) is 46.6 Å². The molecule has 3 aromatic rings. The molecule has 1 aromatic heterocycles. The Hall–Kier alpha value is -2.48. The van der Waals surface area contributed by atoms with Crippen LogP contribution in [0.2, 0.25) is 10.0 Å². The predicted molar refractivity (Wildman–Crippen MR) is 116 cm³/mol. The molecule has 0 saturated carbocycles. The molecule has 1 aliphatic rings. The van der Waals surface area contributed by atoms with Gasteiger partial charge in [0.1, 0.15) is 5.82 Å². The van der Waals surface area contributed by atoms with Gasteiger partial charge in [-0.15, -0.1) is 0 Å². The summed E-state index contributed by atoms with van der Waals surface area (Å²) < 4.78 is 19.2. The van der Waals surface area contributed by atoms with Gasteiger partial charge in [0.15, 0.2) is 0 Å². The predicted octanol–water partition coefficient (Wildman–Crippen LogP) is 4.71. The van der Waals surface area contributed by atoms with E-state index in [1.54, 1.807) is 24.3 Å². The Morgan fingerprint density at radius 1 is 1.16 bits per heavy atom. The van der Waals surface area contributed by atoms with Crippen molar-refractivity contribution in [3.63, 3.8) is 0 Å². The number of carbonyl (C=O) groups is 1. The van der Waals surface area contributed by atoms with E-state index in [2.05, 4.69) is 20.4 Å². The number of hydrogen-bond acceptors (Lipinski definition) is 5. The van der Waals surface area contributed by atoms with Crippen molar-refractivity contribution >= 4 is 29.1 Å². The molecule has 1 amide bonds. The minimum Gasteiger partial charge on any atom is -0.347 e. The lowest BCUT2D eigenvalue weighted by molar-refractivity contribution is -0.126. The molecular formula is C22H21Cl2FN4O2. The minimum atomic E-state index is -0.302. The van der Waals surface area contributed by atoms with Gasteiger partial charge in [0, 0.05) is 33.6 Å². The number of nitrogens with zero attached hydrogens (tertiary/aromatic N) is 3. The molecule has 0 unspecified atom stereocenters. The SMILES string of the molecule is O=C(NCc1nc(-c2cccc(Cl)c2)no1)C1CCN(Cc2ccc(Cl)cc2F)CC1. The van der Waals surface area contributed by atoms with E-state index >= 15 is 0 Å². The number of likely N-dealkylation sites (tertiary alicyclic amines) is 1. The van der Waals surface area contributed by atoms with Gasteiger partial charge in [0.05, 0.1) is 6.54 Å². The van der Waals surface area contributed by atoms with E-state index in [-0.39, 0.29) is 24.2 Å². The Labute approximate surface area is 189 Å². The second kappa shape index (κ2) is 9.77. The first-order valence-corrected chi connectivity index (χ1v) is 10.8. The van der Waals surface area contributed by atoms with Gasteiger partial charge in [-0.05, 0) is 50.2 Å². The Morgan fingerprint density at radius 2 is 1.94 bits per heavy atom. The highest BCUT2D eigenvalue weighted by atomic mass is 35.5. The van der Waals surface area contributed by atoms with Crippen LogP contribution >= 0.6 is 23.2 Å². The van der Waals surface area contributed by atoms with Gasteiger partial charge >= 0.3 is 0 Å². The Morgan fingerprint density at radius 3 is 2.68 bits per heavy atom. The second-order valence-electron chi connectivity index (χ2n) is 7.53. The molecule has 1 fully saturated rings. The molecule has 0 radical (unpaired) electrons. The van der Waals surface area contributed by atoms with Gasteiger partial charge in [0.2, 0.25) is 17.6 Å². The van der Waals surface area contributed by atoms with Crippen molar-refractivity contribution in [3.8, 4) is 11.4 Å². The third-order valence-corrected chi connectivity index (χ3v) is 5.80. The molecule has 9 heteroatoms. The number of aromatic nitrogens is 2. The van der Waals surface area contributed by atoms with Gasteiger partial charge in [-0.3, -0.25) is 9.69 Å². The van der Waals surface area contributed by atoms with E-state index in [0.717, 1.165) is 18.7 Å². The van der Waals surface area contributed by atoms with Crippen molar-refractivity contribution in [3.05, 3.63) is 69.8 Å². The van der Waals surface area contributed by atoms with Gasteiger partial charge in [-0.2, -0.15) is 4.98 Å². The summed E-state index contributed by atoms with van der Waals surface area (Å²) in [5, 5.41) is 7.78. The fraction of sp³-hybridized carbons (Fsp3) is 0.318.